The summed E-state index contributed by atoms with van der Waals surface area (Å²) in [5.74, 6) is -1.40. The van der Waals surface area contributed by atoms with Crippen molar-refractivity contribution < 1.29 is 17.6 Å². The standard InChI is InChI=1S/C15H14ClFN2O3S/c1-9-3-5-11(8-14(9)19-23(2,21)22)18-15(20)12-6-4-10(16)7-13(12)17/h3-8,19H,1-2H3,(H,18,20). The summed E-state index contributed by atoms with van der Waals surface area (Å²) < 4.78 is 38.7. The molecule has 0 aliphatic carbocycles. The average Bonchev–Trinajstić information content (AvgIpc) is 2.40. The van der Waals surface area contributed by atoms with Crippen LogP contribution >= 0.6 is 11.6 Å². The second-order valence-corrected chi connectivity index (χ2v) is 7.17. The van der Waals surface area contributed by atoms with Crippen molar-refractivity contribution >= 4 is 38.9 Å². The fraction of sp³-hybridized carbons (Fsp3) is 0.133. The molecule has 0 fully saturated rings. The van der Waals surface area contributed by atoms with E-state index in [2.05, 4.69) is 10.0 Å². The highest BCUT2D eigenvalue weighted by Gasteiger charge is 2.13. The summed E-state index contributed by atoms with van der Waals surface area (Å²) in [5, 5.41) is 2.70. The molecule has 5 nitrogen and oxygen atoms in total. The molecule has 0 radical (unpaired) electrons. The molecule has 2 aromatic rings. The molecule has 0 heterocycles. The van der Waals surface area contributed by atoms with Crippen molar-refractivity contribution in [1.29, 1.82) is 0 Å². The quantitative estimate of drug-likeness (QED) is 0.881. The van der Waals surface area contributed by atoms with Crippen LogP contribution in [0.4, 0.5) is 15.8 Å². The third-order valence-electron chi connectivity index (χ3n) is 2.97. The van der Waals surface area contributed by atoms with E-state index in [1.807, 2.05) is 0 Å². The van der Waals surface area contributed by atoms with Crippen molar-refractivity contribution in [2.45, 2.75) is 6.92 Å². The number of aryl methyl sites for hydroxylation is 1. The molecule has 0 aromatic heterocycles. The maximum Gasteiger partial charge on any atom is 0.258 e. The van der Waals surface area contributed by atoms with Crippen LogP contribution in [0.5, 0.6) is 0 Å². The number of hydrogen-bond acceptors (Lipinski definition) is 3. The third kappa shape index (κ3) is 4.67. The molecule has 8 heteroatoms. The number of halogens is 2. The Hall–Kier alpha value is -2.12. The van der Waals surface area contributed by atoms with Gasteiger partial charge >= 0.3 is 0 Å². The van der Waals surface area contributed by atoms with Gasteiger partial charge in [-0.15, -0.1) is 0 Å². The van der Waals surface area contributed by atoms with Gasteiger partial charge in [0.2, 0.25) is 10.0 Å². The van der Waals surface area contributed by atoms with Gasteiger partial charge in [0, 0.05) is 10.7 Å². The summed E-state index contributed by atoms with van der Waals surface area (Å²) >= 11 is 5.64. The Bertz CT molecular complexity index is 869. The lowest BCUT2D eigenvalue weighted by molar-refractivity contribution is 0.102. The SMILES string of the molecule is Cc1ccc(NC(=O)c2ccc(Cl)cc2F)cc1NS(C)(=O)=O. The monoisotopic (exact) mass is 356 g/mol. The Labute approximate surface area is 138 Å². The van der Waals surface area contributed by atoms with Gasteiger partial charge in [-0.2, -0.15) is 0 Å². The highest BCUT2D eigenvalue weighted by Crippen LogP contribution is 2.22. The van der Waals surface area contributed by atoms with Crippen LogP contribution in [0.1, 0.15) is 15.9 Å². The minimum Gasteiger partial charge on any atom is -0.322 e. The highest BCUT2D eigenvalue weighted by atomic mass is 35.5. The van der Waals surface area contributed by atoms with Crippen molar-refractivity contribution in [2.75, 3.05) is 16.3 Å². The summed E-state index contributed by atoms with van der Waals surface area (Å²) in [5.41, 5.74) is 1.20. The summed E-state index contributed by atoms with van der Waals surface area (Å²) in [6.45, 7) is 1.72. The molecule has 0 spiro atoms. The Morgan fingerprint density at radius 1 is 1.17 bits per heavy atom. The predicted molar refractivity (Wildman–Crippen MR) is 89.0 cm³/mol. The molecular weight excluding hydrogens is 343 g/mol. The van der Waals surface area contributed by atoms with Gasteiger partial charge in [-0.3, -0.25) is 9.52 Å². The number of nitrogens with one attached hydrogen (secondary N) is 2. The van der Waals surface area contributed by atoms with E-state index in [0.717, 1.165) is 12.3 Å². The number of hydrogen-bond donors (Lipinski definition) is 2. The first kappa shape index (κ1) is 17.2. The van der Waals surface area contributed by atoms with E-state index in [9.17, 15) is 17.6 Å². The lowest BCUT2D eigenvalue weighted by atomic mass is 10.1. The molecule has 0 aliphatic rings. The van der Waals surface area contributed by atoms with Crippen molar-refractivity contribution in [3.63, 3.8) is 0 Å². The Kier molecular flexibility index (Phi) is 4.91. The summed E-state index contributed by atoms with van der Waals surface area (Å²) in [6, 6.07) is 8.42. The van der Waals surface area contributed by atoms with Gasteiger partial charge in [0.05, 0.1) is 17.5 Å². The van der Waals surface area contributed by atoms with Gasteiger partial charge in [0.15, 0.2) is 0 Å². The van der Waals surface area contributed by atoms with Gasteiger partial charge in [-0.25, -0.2) is 12.8 Å². The van der Waals surface area contributed by atoms with Crippen LogP contribution in [0.3, 0.4) is 0 Å². The van der Waals surface area contributed by atoms with E-state index >= 15 is 0 Å². The minimum absolute atomic E-state index is 0.160. The van der Waals surface area contributed by atoms with Gasteiger partial charge in [0.25, 0.3) is 5.91 Å². The van der Waals surface area contributed by atoms with Gasteiger partial charge in [-0.05, 0) is 42.8 Å². The van der Waals surface area contributed by atoms with Gasteiger partial charge in [0.1, 0.15) is 5.82 Å². The molecule has 23 heavy (non-hydrogen) atoms. The van der Waals surface area contributed by atoms with Crippen LogP contribution in [0, 0.1) is 12.7 Å². The summed E-state index contributed by atoms with van der Waals surface area (Å²) in [7, 11) is -3.45. The fourth-order valence-corrected chi connectivity index (χ4v) is 2.66. The number of sulfonamides is 1. The van der Waals surface area contributed by atoms with E-state index in [4.69, 9.17) is 11.6 Å². The summed E-state index contributed by atoms with van der Waals surface area (Å²) in [6.07, 6.45) is 1.03. The minimum atomic E-state index is -3.45. The van der Waals surface area contributed by atoms with E-state index in [1.54, 1.807) is 19.1 Å². The molecule has 1 amide bonds. The lowest BCUT2D eigenvalue weighted by Crippen LogP contribution is -2.15. The average molecular weight is 357 g/mol. The maximum atomic E-state index is 13.7. The molecule has 122 valence electrons. The molecule has 0 aliphatic heterocycles. The Morgan fingerprint density at radius 3 is 2.48 bits per heavy atom. The van der Waals surface area contributed by atoms with E-state index in [1.165, 1.54) is 18.2 Å². The van der Waals surface area contributed by atoms with Crippen LogP contribution < -0.4 is 10.0 Å². The second-order valence-electron chi connectivity index (χ2n) is 4.98. The molecular formula is C15H14ClFN2O3S. The van der Waals surface area contributed by atoms with Crippen LogP contribution in [0.25, 0.3) is 0 Å². The van der Waals surface area contributed by atoms with Crippen LogP contribution in [0.15, 0.2) is 36.4 Å². The Morgan fingerprint density at radius 2 is 1.87 bits per heavy atom. The zero-order valence-corrected chi connectivity index (χ0v) is 13.9. The molecule has 0 saturated carbocycles. The smallest absolute Gasteiger partial charge is 0.258 e. The number of amides is 1. The second kappa shape index (κ2) is 6.55. The highest BCUT2D eigenvalue weighted by molar-refractivity contribution is 7.92. The molecule has 0 unspecified atom stereocenters. The van der Waals surface area contributed by atoms with E-state index < -0.39 is 21.7 Å². The molecule has 0 saturated heterocycles. The topological polar surface area (TPSA) is 75.3 Å². The normalized spacial score (nSPS) is 11.1. The predicted octanol–water partition coefficient (Wildman–Crippen LogP) is 3.41. The molecule has 0 bridgehead atoms. The zero-order chi connectivity index (χ0) is 17.2. The van der Waals surface area contributed by atoms with E-state index in [-0.39, 0.29) is 10.6 Å². The molecule has 2 N–H and O–H groups in total. The van der Waals surface area contributed by atoms with Crippen LogP contribution in [-0.2, 0) is 10.0 Å². The molecule has 2 rings (SSSR count). The van der Waals surface area contributed by atoms with Gasteiger partial charge in [-0.1, -0.05) is 17.7 Å². The third-order valence-corrected chi connectivity index (χ3v) is 3.79. The number of carbonyl (C=O) groups excluding carboxylic acids is 1. The summed E-state index contributed by atoms with van der Waals surface area (Å²) in [4.78, 5) is 12.1. The Balaban J connectivity index is 2.26. The van der Waals surface area contributed by atoms with Crippen molar-refractivity contribution in [1.82, 2.24) is 0 Å². The maximum absolute atomic E-state index is 13.7. The number of carbonyl (C=O) groups is 1. The van der Waals surface area contributed by atoms with Crippen LogP contribution in [0.2, 0.25) is 5.02 Å². The van der Waals surface area contributed by atoms with E-state index in [0.29, 0.717) is 16.9 Å². The zero-order valence-electron chi connectivity index (χ0n) is 12.4. The van der Waals surface area contributed by atoms with Crippen LogP contribution in [-0.4, -0.2) is 20.6 Å². The lowest BCUT2D eigenvalue weighted by Gasteiger charge is -2.11. The van der Waals surface area contributed by atoms with Crippen molar-refractivity contribution in [2.24, 2.45) is 0 Å². The molecule has 2 aromatic carbocycles. The number of anilines is 2. The first-order chi connectivity index (χ1) is 10.7. The molecule has 0 atom stereocenters. The first-order valence-corrected chi connectivity index (χ1v) is 8.77. The largest absolute Gasteiger partial charge is 0.322 e. The first-order valence-electron chi connectivity index (χ1n) is 6.50. The fourth-order valence-electron chi connectivity index (χ4n) is 1.88. The van der Waals surface area contributed by atoms with Crippen molar-refractivity contribution in [3.05, 3.63) is 58.4 Å². The number of benzene rings is 2. The van der Waals surface area contributed by atoms with Gasteiger partial charge < -0.3 is 5.32 Å². The van der Waals surface area contributed by atoms with Crippen molar-refractivity contribution in [3.8, 4) is 0 Å². The number of rotatable bonds is 4.